The van der Waals surface area contributed by atoms with Crippen molar-refractivity contribution >= 4 is 11.5 Å². The van der Waals surface area contributed by atoms with Crippen LogP contribution < -0.4 is 10.5 Å². The lowest BCUT2D eigenvalue weighted by Crippen LogP contribution is -2.48. The minimum Gasteiger partial charge on any atom is -0.336 e. The van der Waals surface area contributed by atoms with Crippen LogP contribution in [0.25, 0.3) is 16.9 Å². The second kappa shape index (κ2) is 6.27. The molecule has 0 unspecified atom stereocenters. The molecule has 0 radical (unpaired) electrons. The van der Waals surface area contributed by atoms with Crippen LogP contribution in [0.2, 0.25) is 0 Å². The molecule has 136 valence electrons. The molecule has 0 spiro atoms. The highest BCUT2D eigenvalue weighted by molar-refractivity contribution is 5.61. The molecule has 1 aromatic carbocycles. The molecule has 0 atom stereocenters. The summed E-state index contributed by atoms with van der Waals surface area (Å²) in [4.78, 5) is 22.9. The third-order valence-electron chi connectivity index (χ3n) is 5.33. The lowest BCUT2D eigenvalue weighted by Gasteiger charge is -2.42. The van der Waals surface area contributed by atoms with Crippen molar-refractivity contribution in [1.82, 2.24) is 19.6 Å². The quantitative estimate of drug-likeness (QED) is 0.785. The van der Waals surface area contributed by atoms with Crippen molar-refractivity contribution < 1.29 is 0 Å². The number of imidazole rings is 1. The highest BCUT2D eigenvalue weighted by atomic mass is 16.1. The molecule has 3 heterocycles. The van der Waals surface area contributed by atoms with E-state index in [1.807, 2.05) is 37.3 Å². The number of anilines is 1. The van der Waals surface area contributed by atoms with Crippen LogP contribution >= 0.6 is 0 Å². The number of aromatic amines is 1. The molecule has 6 nitrogen and oxygen atoms in total. The van der Waals surface area contributed by atoms with Gasteiger partial charge >= 0.3 is 0 Å². The van der Waals surface area contributed by atoms with Gasteiger partial charge in [0.25, 0.3) is 5.56 Å². The number of nitrogens with one attached hydrogen (secondary N) is 1. The highest BCUT2D eigenvalue weighted by Crippen LogP contribution is 2.32. The summed E-state index contributed by atoms with van der Waals surface area (Å²) in [6, 6.07) is 9.74. The summed E-state index contributed by atoms with van der Waals surface area (Å²) in [6.45, 7) is 7.44. The Bertz CT molecular complexity index is 987. The van der Waals surface area contributed by atoms with Gasteiger partial charge in [0.1, 0.15) is 0 Å². The minimum absolute atomic E-state index is 0.00172. The third-order valence-corrected chi connectivity index (χ3v) is 5.33. The first-order valence-electron chi connectivity index (χ1n) is 9.36. The largest absolute Gasteiger partial charge is 0.336 e. The number of hydrogen-bond acceptors (Lipinski definition) is 4. The molecular weight excluding hydrogens is 326 g/mol. The van der Waals surface area contributed by atoms with Gasteiger partial charge in [-0.25, -0.2) is 4.98 Å². The Morgan fingerprint density at radius 1 is 1.19 bits per heavy atom. The van der Waals surface area contributed by atoms with Gasteiger partial charge in [0, 0.05) is 17.6 Å². The Balaban J connectivity index is 1.96. The van der Waals surface area contributed by atoms with Gasteiger partial charge in [0.15, 0.2) is 11.3 Å². The standard InChI is InChI=1S/C20H25N5O/c1-4-15-16-18(26)22-17(14-10-6-5-7-11-14)23-25(16)19(21-15)24-13-9-8-12-20(24,2)3/h5-7,10-11H,4,8-9,12-13H2,1-3H3,(H,22,23,26). The van der Waals surface area contributed by atoms with Crippen molar-refractivity contribution in [2.75, 3.05) is 11.4 Å². The molecule has 0 saturated carbocycles. The van der Waals surface area contributed by atoms with E-state index in [9.17, 15) is 4.79 Å². The fraction of sp³-hybridized carbons (Fsp3) is 0.450. The van der Waals surface area contributed by atoms with E-state index in [0.717, 1.165) is 36.6 Å². The maximum atomic E-state index is 12.8. The van der Waals surface area contributed by atoms with Gasteiger partial charge < -0.3 is 9.88 Å². The number of H-pyrrole nitrogens is 1. The Hall–Kier alpha value is -2.63. The molecule has 0 aliphatic carbocycles. The average molecular weight is 351 g/mol. The van der Waals surface area contributed by atoms with Gasteiger partial charge in [-0.05, 0) is 39.5 Å². The number of aromatic nitrogens is 4. The van der Waals surface area contributed by atoms with Crippen molar-refractivity contribution in [3.8, 4) is 11.4 Å². The maximum Gasteiger partial charge on any atom is 0.277 e. The van der Waals surface area contributed by atoms with Crippen LogP contribution in [0.4, 0.5) is 5.95 Å². The highest BCUT2D eigenvalue weighted by Gasteiger charge is 2.33. The zero-order valence-electron chi connectivity index (χ0n) is 15.6. The second-order valence-corrected chi connectivity index (χ2v) is 7.56. The Kier molecular flexibility index (Phi) is 4.05. The number of aryl methyl sites for hydroxylation is 1. The molecule has 1 aliphatic rings. The van der Waals surface area contributed by atoms with Gasteiger partial charge in [-0.15, -0.1) is 5.10 Å². The molecule has 0 bridgehead atoms. The average Bonchev–Trinajstić information content (AvgIpc) is 3.01. The van der Waals surface area contributed by atoms with Crippen molar-refractivity contribution in [3.05, 3.63) is 46.4 Å². The molecule has 6 heteroatoms. The van der Waals surface area contributed by atoms with Crippen molar-refractivity contribution in [2.24, 2.45) is 0 Å². The van der Waals surface area contributed by atoms with Crippen LogP contribution in [0.3, 0.4) is 0 Å². The zero-order valence-corrected chi connectivity index (χ0v) is 15.6. The molecule has 1 aliphatic heterocycles. The van der Waals surface area contributed by atoms with Gasteiger partial charge in [-0.1, -0.05) is 37.3 Å². The first-order chi connectivity index (χ1) is 12.5. The summed E-state index contributed by atoms with van der Waals surface area (Å²) in [5, 5.41) is 4.77. The number of benzene rings is 1. The van der Waals surface area contributed by atoms with Gasteiger partial charge in [0.05, 0.1) is 5.69 Å². The summed E-state index contributed by atoms with van der Waals surface area (Å²) in [7, 11) is 0. The number of fused-ring (bicyclic) bond motifs is 1. The van der Waals surface area contributed by atoms with Crippen LogP contribution in [-0.2, 0) is 6.42 Å². The summed E-state index contributed by atoms with van der Waals surface area (Å²) in [6.07, 6.45) is 4.16. The van der Waals surface area contributed by atoms with E-state index in [-0.39, 0.29) is 11.1 Å². The molecule has 3 aromatic rings. The molecule has 0 amide bonds. The summed E-state index contributed by atoms with van der Waals surface area (Å²) in [5.41, 5.74) is 2.12. The molecule has 1 N–H and O–H groups in total. The van der Waals surface area contributed by atoms with E-state index in [2.05, 4.69) is 23.7 Å². The summed E-state index contributed by atoms with van der Waals surface area (Å²) in [5.74, 6) is 1.35. The molecule has 26 heavy (non-hydrogen) atoms. The fourth-order valence-electron chi connectivity index (χ4n) is 3.84. The Morgan fingerprint density at radius 2 is 1.96 bits per heavy atom. The Labute approximate surface area is 152 Å². The van der Waals surface area contributed by atoms with Crippen molar-refractivity contribution in [3.63, 3.8) is 0 Å². The lowest BCUT2D eigenvalue weighted by atomic mass is 9.91. The van der Waals surface area contributed by atoms with E-state index in [1.54, 1.807) is 4.52 Å². The molecule has 2 aromatic heterocycles. The van der Waals surface area contributed by atoms with Crippen LogP contribution in [0.5, 0.6) is 0 Å². The molecule has 4 rings (SSSR count). The van der Waals surface area contributed by atoms with E-state index in [4.69, 9.17) is 10.1 Å². The van der Waals surface area contributed by atoms with Crippen LogP contribution in [0.15, 0.2) is 35.1 Å². The molecule has 1 saturated heterocycles. The monoisotopic (exact) mass is 351 g/mol. The van der Waals surface area contributed by atoms with Crippen molar-refractivity contribution in [2.45, 2.75) is 52.0 Å². The van der Waals surface area contributed by atoms with E-state index in [1.165, 1.54) is 6.42 Å². The first-order valence-corrected chi connectivity index (χ1v) is 9.36. The van der Waals surface area contributed by atoms with E-state index >= 15 is 0 Å². The minimum atomic E-state index is -0.135. The van der Waals surface area contributed by atoms with Crippen LogP contribution in [-0.4, -0.2) is 31.7 Å². The van der Waals surface area contributed by atoms with Crippen molar-refractivity contribution in [1.29, 1.82) is 0 Å². The topological polar surface area (TPSA) is 66.3 Å². The predicted molar refractivity (Wildman–Crippen MR) is 104 cm³/mol. The maximum absolute atomic E-state index is 12.8. The van der Waals surface area contributed by atoms with E-state index < -0.39 is 0 Å². The number of hydrogen-bond donors (Lipinski definition) is 1. The van der Waals surface area contributed by atoms with Gasteiger partial charge in [0.2, 0.25) is 5.95 Å². The predicted octanol–water partition coefficient (Wildman–Crippen LogP) is 3.42. The normalized spacial score (nSPS) is 17.0. The number of nitrogens with zero attached hydrogens (tertiary/aromatic N) is 4. The second-order valence-electron chi connectivity index (χ2n) is 7.56. The van der Waals surface area contributed by atoms with Gasteiger partial charge in [-0.3, -0.25) is 4.79 Å². The van der Waals surface area contributed by atoms with Crippen LogP contribution in [0, 0.1) is 0 Å². The van der Waals surface area contributed by atoms with Crippen LogP contribution in [0.1, 0.15) is 45.7 Å². The van der Waals surface area contributed by atoms with E-state index in [0.29, 0.717) is 17.8 Å². The Morgan fingerprint density at radius 3 is 2.65 bits per heavy atom. The molecule has 1 fully saturated rings. The number of rotatable bonds is 3. The smallest absolute Gasteiger partial charge is 0.277 e. The summed E-state index contributed by atoms with van der Waals surface area (Å²) >= 11 is 0. The first kappa shape index (κ1) is 16.8. The summed E-state index contributed by atoms with van der Waals surface area (Å²) < 4.78 is 1.76. The molecular formula is C20H25N5O. The number of piperidine rings is 1. The third kappa shape index (κ3) is 2.69. The fourth-order valence-corrected chi connectivity index (χ4v) is 3.84. The SMILES string of the molecule is CCc1nc(N2CCCCC2(C)C)n2nc(-c3ccccc3)[nH]c(=O)c12. The van der Waals surface area contributed by atoms with Gasteiger partial charge in [-0.2, -0.15) is 4.52 Å². The lowest BCUT2D eigenvalue weighted by molar-refractivity contribution is 0.354. The zero-order chi connectivity index (χ0) is 18.3.